The Bertz CT molecular complexity index is 379. The molecule has 0 bridgehead atoms. The monoisotopic (exact) mass is 283 g/mol. The van der Waals surface area contributed by atoms with E-state index >= 15 is 0 Å². The second-order valence-corrected chi connectivity index (χ2v) is 4.71. The molecule has 0 unspecified atom stereocenters. The Balaban J connectivity index is 2.11. The topological polar surface area (TPSA) is 53.7 Å². The molecule has 0 aromatic heterocycles. The van der Waals surface area contributed by atoms with Crippen molar-refractivity contribution in [2.24, 2.45) is 5.73 Å². The summed E-state index contributed by atoms with van der Waals surface area (Å²) in [5, 5.41) is 0. The van der Waals surface area contributed by atoms with Gasteiger partial charge in [-0.05, 0) is 38.1 Å². The third-order valence-corrected chi connectivity index (χ3v) is 2.55. The molecule has 0 aliphatic carbocycles. The second-order valence-electron chi connectivity index (χ2n) is 4.27. The van der Waals surface area contributed by atoms with E-state index in [1.165, 1.54) is 0 Å². The molecular weight excluding hydrogens is 262 g/mol. The molecule has 0 atom stereocenters. The van der Waals surface area contributed by atoms with E-state index in [0.717, 1.165) is 11.3 Å². The average molecular weight is 283 g/mol. The summed E-state index contributed by atoms with van der Waals surface area (Å²) in [6.07, 6.45) is 0.243. The van der Waals surface area contributed by atoms with Crippen molar-refractivity contribution < 1.29 is 14.2 Å². The van der Waals surface area contributed by atoms with E-state index in [1.54, 1.807) is 0 Å². The average Bonchev–Trinajstić information content (AvgIpc) is 2.38. The first-order valence-electron chi connectivity index (χ1n) is 6.31. The molecule has 1 aromatic rings. The summed E-state index contributed by atoms with van der Waals surface area (Å²) in [7, 11) is 0. The van der Waals surface area contributed by atoms with Crippen molar-refractivity contribution >= 4 is 17.2 Å². The molecule has 0 aliphatic heterocycles. The highest BCUT2D eigenvalue weighted by Crippen LogP contribution is 2.11. The third-order valence-electron chi connectivity index (χ3n) is 2.31. The first kappa shape index (κ1) is 15.9. The molecule has 0 fully saturated rings. The summed E-state index contributed by atoms with van der Waals surface area (Å²) in [6.45, 7) is 6.24. The normalized spacial score (nSPS) is 10.7. The number of ether oxygens (including phenoxy) is 3. The third kappa shape index (κ3) is 7.10. The Morgan fingerprint density at radius 2 is 1.74 bits per heavy atom. The van der Waals surface area contributed by atoms with Crippen molar-refractivity contribution in [3.8, 4) is 5.75 Å². The van der Waals surface area contributed by atoms with Crippen LogP contribution in [-0.2, 0) is 9.47 Å². The van der Waals surface area contributed by atoms with E-state index in [-0.39, 0.29) is 6.10 Å². The first-order valence-corrected chi connectivity index (χ1v) is 6.72. The minimum Gasteiger partial charge on any atom is -0.491 e. The highest BCUT2D eigenvalue weighted by atomic mass is 32.1. The molecule has 19 heavy (non-hydrogen) atoms. The van der Waals surface area contributed by atoms with Crippen LogP contribution in [0.1, 0.15) is 19.4 Å². The van der Waals surface area contributed by atoms with E-state index in [4.69, 9.17) is 32.2 Å². The SMILES string of the molecule is CC(C)OCCOCCOc1ccc(C(N)=S)cc1. The fourth-order valence-electron chi connectivity index (χ4n) is 1.38. The van der Waals surface area contributed by atoms with Crippen molar-refractivity contribution in [1.29, 1.82) is 0 Å². The second kappa shape index (κ2) is 8.85. The van der Waals surface area contributed by atoms with Gasteiger partial charge in [0.05, 0.1) is 25.9 Å². The fourth-order valence-corrected chi connectivity index (χ4v) is 1.51. The summed E-state index contributed by atoms with van der Waals surface area (Å²) < 4.78 is 16.2. The van der Waals surface area contributed by atoms with E-state index in [2.05, 4.69) is 0 Å². The maximum absolute atomic E-state index is 5.52. The van der Waals surface area contributed by atoms with Crippen LogP contribution in [0.3, 0.4) is 0 Å². The molecule has 5 heteroatoms. The molecule has 1 rings (SSSR count). The number of hydrogen-bond donors (Lipinski definition) is 1. The van der Waals surface area contributed by atoms with Crippen LogP contribution < -0.4 is 10.5 Å². The van der Waals surface area contributed by atoms with Gasteiger partial charge in [-0.15, -0.1) is 0 Å². The smallest absolute Gasteiger partial charge is 0.119 e. The Hall–Kier alpha value is -1.17. The van der Waals surface area contributed by atoms with Gasteiger partial charge in [0.15, 0.2) is 0 Å². The van der Waals surface area contributed by atoms with E-state index in [9.17, 15) is 0 Å². The molecular formula is C14H21NO3S. The van der Waals surface area contributed by atoms with Gasteiger partial charge >= 0.3 is 0 Å². The van der Waals surface area contributed by atoms with Gasteiger partial charge in [-0.1, -0.05) is 12.2 Å². The fraction of sp³-hybridized carbons (Fsp3) is 0.500. The van der Waals surface area contributed by atoms with Crippen molar-refractivity contribution in [3.63, 3.8) is 0 Å². The zero-order valence-electron chi connectivity index (χ0n) is 11.4. The van der Waals surface area contributed by atoms with Gasteiger partial charge in [0.25, 0.3) is 0 Å². The molecule has 0 radical (unpaired) electrons. The summed E-state index contributed by atoms with van der Waals surface area (Å²) in [5.74, 6) is 0.780. The number of rotatable bonds is 9. The van der Waals surface area contributed by atoms with Crippen LogP contribution in [0.15, 0.2) is 24.3 Å². The quantitative estimate of drug-likeness (QED) is 0.556. The highest BCUT2D eigenvalue weighted by molar-refractivity contribution is 7.80. The maximum atomic E-state index is 5.52. The predicted molar refractivity (Wildman–Crippen MR) is 79.7 cm³/mol. The number of thiocarbonyl (C=S) groups is 1. The first-order chi connectivity index (χ1) is 9.09. The number of nitrogens with two attached hydrogens (primary N) is 1. The Kier molecular flexibility index (Phi) is 7.40. The van der Waals surface area contributed by atoms with Gasteiger partial charge in [0.1, 0.15) is 17.3 Å². The Labute approximate surface area is 119 Å². The van der Waals surface area contributed by atoms with Crippen molar-refractivity contribution in [1.82, 2.24) is 0 Å². The van der Waals surface area contributed by atoms with Gasteiger partial charge in [0, 0.05) is 5.56 Å². The zero-order valence-corrected chi connectivity index (χ0v) is 12.2. The number of hydrogen-bond acceptors (Lipinski definition) is 4. The minimum absolute atomic E-state index is 0.243. The molecule has 4 nitrogen and oxygen atoms in total. The number of benzene rings is 1. The maximum Gasteiger partial charge on any atom is 0.119 e. The van der Waals surface area contributed by atoms with Gasteiger partial charge in [-0.3, -0.25) is 0 Å². The summed E-state index contributed by atoms with van der Waals surface area (Å²) in [4.78, 5) is 0.389. The van der Waals surface area contributed by atoms with Gasteiger partial charge in [0.2, 0.25) is 0 Å². The van der Waals surface area contributed by atoms with Crippen molar-refractivity contribution in [3.05, 3.63) is 29.8 Å². The molecule has 106 valence electrons. The largest absolute Gasteiger partial charge is 0.491 e. The molecule has 0 heterocycles. The molecule has 0 spiro atoms. The van der Waals surface area contributed by atoms with Crippen LogP contribution in [0, 0.1) is 0 Å². The molecule has 2 N–H and O–H groups in total. The minimum atomic E-state index is 0.243. The van der Waals surface area contributed by atoms with Crippen LogP contribution in [-0.4, -0.2) is 37.5 Å². The summed E-state index contributed by atoms with van der Waals surface area (Å²) in [5.41, 5.74) is 6.35. The Morgan fingerprint density at radius 1 is 1.11 bits per heavy atom. The molecule has 0 saturated heterocycles. The lowest BCUT2D eigenvalue weighted by atomic mass is 10.2. The lowest BCUT2D eigenvalue weighted by Gasteiger charge is -2.09. The molecule has 0 saturated carbocycles. The summed E-state index contributed by atoms with van der Waals surface area (Å²) in [6, 6.07) is 7.37. The standard InChI is InChI=1S/C14H21NO3S/c1-11(2)17-9-7-16-8-10-18-13-5-3-12(4-6-13)14(15)19/h3-6,11H,7-10H2,1-2H3,(H2,15,19). The van der Waals surface area contributed by atoms with E-state index in [1.807, 2.05) is 38.1 Å². The van der Waals surface area contributed by atoms with Gasteiger partial charge < -0.3 is 19.9 Å². The van der Waals surface area contributed by atoms with Gasteiger partial charge in [-0.2, -0.15) is 0 Å². The van der Waals surface area contributed by atoms with Crippen LogP contribution in [0.2, 0.25) is 0 Å². The van der Waals surface area contributed by atoms with E-state index < -0.39 is 0 Å². The zero-order chi connectivity index (χ0) is 14.1. The predicted octanol–water partition coefficient (Wildman–Crippen LogP) is 2.14. The van der Waals surface area contributed by atoms with Crippen LogP contribution in [0.4, 0.5) is 0 Å². The van der Waals surface area contributed by atoms with Crippen molar-refractivity contribution in [2.75, 3.05) is 26.4 Å². The lowest BCUT2D eigenvalue weighted by Crippen LogP contribution is -2.13. The molecule has 0 amide bonds. The van der Waals surface area contributed by atoms with Crippen LogP contribution in [0.5, 0.6) is 5.75 Å². The van der Waals surface area contributed by atoms with Crippen LogP contribution >= 0.6 is 12.2 Å². The lowest BCUT2D eigenvalue weighted by molar-refractivity contribution is 0.0124. The van der Waals surface area contributed by atoms with E-state index in [0.29, 0.717) is 31.4 Å². The molecule has 1 aromatic carbocycles. The van der Waals surface area contributed by atoms with Crippen molar-refractivity contribution in [2.45, 2.75) is 20.0 Å². The van der Waals surface area contributed by atoms with Gasteiger partial charge in [-0.25, -0.2) is 0 Å². The highest BCUT2D eigenvalue weighted by Gasteiger charge is 1.98. The summed E-state index contributed by atoms with van der Waals surface area (Å²) >= 11 is 4.88. The Morgan fingerprint density at radius 3 is 2.32 bits per heavy atom. The van der Waals surface area contributed by atoms with Crippen LogP contribution in [0.25, 0.3) is 0 Å². The molecule has 0 aliphatic rings.